The van der Waals surface area contributed by atoms with Gasteiger partial charge >= 0.3 is 0 Å². The molecule has 17 heavy (non-hydrogen) atoms. The minimum atomic E-state index is -0.202. The molecular formula is C14H30N2O. The van der Waals surface area contributed by atoms with E-state index in [1.54, 1.807) is 0 Å². The highest BCUT2D eigenvalue weighted by molar-refractivity contribution is 5.77. The van der Waals surface area contributed by atoms with Crippen molar-refractivity contribution in [3.05, 3.63) is 0 Å². The largest absolute Gasteiger partial charge is 0.349 e. The zero-order chi connectivity index (χ0) is 13.5. The van der Waals surface area contributed by atoms with E-state index < -0.39 is 0 Å². The van der Waals surface area contributed by atoms with Crippen LogP contribution >= 0.6 is 0 Å². The van der Waals surface area contributed by atoms with Gasteiger partial charge in [0.15, 0.2) is 0 Å². The molecule has 0 aliphatic rings. The fraction of sp³-hybridized carbons (Fsp3) is 0.929. The molecule has 0 aromatic carbocycles. The molecular weight excluding hydrogens is 212 g/mol. The van der Waals surface area contributed by atoms with Crippen LogP contribution in [0, 0.1) is 11.8 Å². The van der Waals surface area contributed by atoms with Crippen molar-refractivity contribution >= 4 is 5.91 Å². The van der Waals surface area contributed by atoms with E-state index in [4.69, 9.17) is 5.73 Å². The van der Waals surface area contributed by atoms with E-state index in [2.05, 4.69) is 39.9 Å². The molecule has 0 saturated carbocycles. The molecule has 0 fully saturated rings. The first kappa shape index (κ1) is 16.4. The van der Waals surface area contributed by atoms with Crippen molar-refractivity contribution in [2.45, 2.75) is 65.8 Å². The van der Waals surface area contributed by atoms with E-state index >= 15 is 0 Å². The summed E-state index contributed by atoms with van der Waals surface area (Å²) in [6.07, 6.45) is 3.46. The quantitative estimate of drug-likeness (QED) is 0.687. The highest BCUT2D eigenvalue weighted by Gasteiger charge is 2.27. The molecule has 1 unspecified atom stereocenters. The molecule has 3 heteroatoms. The van der Waals surface area contributed by atoms with Crippen LogP contribution in [0.1, 0.15) is 60.3 Å². The Morgan fingerprint density at radius 2 is 1.76 bits per heavy atom. The summed E-state index contributed by atoms with van der Waals surface area (Å²) >= 11 is 0. The molecule has 0 bridgehead atoms. The summed E-state index contributed by atoms with van der Waals surface area (Å²) in [7, 11) is 0. The molecule has 0 aromatic heterocycles. The summed E-state index contributed by atoms with van der Waals surface area (Å²) in [5, 5.41) is 3.14. The van der Waals surface area contributed by atoms with Gasteiger partial charge in [-0.1, -0.05) is 41.0 Å². The van der Waals surface area contributed by atoms with E-state index in [-0.39, 0.29) is 11.4 Å². The standard InChI is InChI=1S/C14H30N2O/c1-6-12(11(4)5)9-13(17)16-14(7-2,8-3)10-15/h11-12H,6-10,15H2,1-5H3,(H,16,17). The van der Waals surface area contributed by atoms with Crippen molar-refractivity contribution in [1.82, 2.24) is 5.32 Å². The molecule has 0 heterocycles. The van der Waals surface area contributed by atoms with Gasteiger partial charge in [0.25, 0.3) is 0 Å². The number of hydrogen-bond acceptors (Lipinski definition) is 2. The van der Waals surface area contributed by atoms with Gasteiger partial charge in [0.05, 0.1) is 5.54 Å². The molecule has 0 saturated heterocycles. The number of nitrogens with one attached hydrogen (secondary N) is 1. The number of carbonyl (C=O) groups is 1. The summed E-state index contributed by atoms with van der Waals surface area (Å²) in [4.78, 5) is 12.0. The van der Waals surface area contributed by atoms with Crippen LogP contribution in [-0.2, 0) is 4.79 Å². The maximum atomic E-state index is 12.0. The number of carbonyl (C=O) groups excluding carboxylic acids is 1. The lowest BCUT2D eigenvalue weighted by atomic mass is 9.88. The Kier molecular flexibility index (Phi) is 7.44. The van der Waals surface area contributed by atoms with Crippen LogP contribution in [-0.4, -0.2) is 18.0 Å². The molecule has 1 amide bonds. The third-order valence-corrected chi connectivity index (χ3v) is 4.06. The fourth-order valence-electron chi connectivity index (χ4n) is 2.20. The van der Waals surface area contributed by atoms with Gasteiger partial charge in [-0.15, -0.1) is 0 Å². The van der Waals surface area contributed by atoms with E-state index in [1.807, 2.05) is 0 Å². The fourth-order valence-corrected chi connectivity index (χ4v) is 2.20. The Balaban J connectivity index is 4.42. The van der Waals surface area contributed by atoms with Crippen molar-refractivity contribution in [1.29, 1.82) is 0 Å². The summed E-state index contributed by atoms with van der Waals surface area (Å²) in [5.41, 5.74) is 5.58. The Labute approximate surface area is 107 Å². The van der Waals surface area contributed by atoms with Crippen molar-refractivity contribution in [2.24, 2.45) is 17.6 Å². The number of rotatable bonds is 8. The Bertz CT molecular complexity index is 214. The highest BCUT2D eigenvalue weighted by atomic mass is 16.1. The summed E-state index contributed by atoms with van der Waals surface area (Å²) in [6.45, 7) is 11.2. The van der Waals surface area contributed by atoms with Gasteiger partial charge in [-0.05, 0) is 24.7 Å². The monoisotopic (exact) mass is 242 g/mol. The van der Waals surface area contributed by atoms with E-state index in [0.717, 1.165) is 19.3 Å². The lowest BCUT2D eigenvalue weighted by molar-refractivity contribution is -0.124. The van der Waals surface area contributed by atoms with Gasteiger partial charge in [0.2, 0.25) is 5.91 Å². The number of amides is 1. The molecule has 0 rings (SSSR count). The van der Waals surface area contributed by atoms with Gasteiger partial charge < -0.3 is 11.1 Å². The second kappa shape index (κ2) is 7.70. The van der Waals surface area contributed by atoms with Crippen LogP contribution in [0.15, 0.2) is 0 Å². The predicted molar refractivity (Wildman–Crippen MR) is 73.7 cm³/mol. The topological polar surface area (TPSA) is 55.1 Å². The molecule has 3 nitrogen and oxygen atoms in total. The second-order valence-electron chi connectivity index (χ2n) is 5.36. The predicted octanol–water partition coefficient (Wildman–Crippen LogP) is 2.69. The van der Waals surface area contributed by atoms with Crippen LogP contribution in [0.3, 0.4) is 0 Å². The normalized spacial score (nSPS) is 13.8. The molecule has 3 N–H and O–H groups in total. The summed E-state index contributed by atoms with van der Waals surface area (Å²) in [6, 6.07) is 0. The van der Waals surface area contributed by atoms with Crippen LogP contribution in [0.25, 0.3) is 0 Å². The van der Waals surface area contributed by atoms with E-state index in [1.165, 1.54) is 0 Å². The average Bonchev–Trinajstić information content (AvgIpc) is 2.32. The van der Waals surface area contributed by atoms with E-state index in [9.17, 15) is 4.79 Å². The zero-order valence-electron chi connectivity index (χ0n) is 12.2. The number of hydrogen-bond donors (Lipinski definition) is 2. The minimum absolute atomic E-state index is 0.153. The summed E-state index contributed by atoms with van der Waals surface area (Å²) in [5.74, 6) is 1.18. The summed E-state index contributed by atoms with van der Waals surface area (Å²) < 4.78 is 0. The first-order valence-corrected chi connectivity index (χ1v) is 6.95. The highest BCUT2D eigenvalue weighted by Crippen LogP contribution is 2.20. The lowest BCUT2D eigenvalue weighted by Gasteiger charge is -2.32. The smallest absolute Gasteiger partial charge is 0.220 e. The second-order valence-corrected chi connectivity index (χ2v) is 5.36. The van der Waals surface area contributed by atoms with Crippen LogP contribution in [0.5, 0.6) is 0 Å². The van der Waals surface area contributed by atoms with Crippen molar-refractivity contribution in [3.8, 4) is 0 Å². The maximum absolute atomic E-state index is 12.0. The SMILES string of the molecule is CCC(CC(=O)NC(CC)(CC)CN)C(C)C. The molecule has 102 valence electrons. The van der Waals surface area contributed by atoms with Gasteiger partial charge in [0.1, 0.15) is 0 Å². The Morgan fingerprint density at radius 1 is 1.24 bits per heavy atom. The average molecular weight is 242 g/mol. The third-order valence-electron chi connectivity index (χ3n) is 4.06. The van der Waals surface area contributed by atoms with Crippen molar-refractivity contribution in [3.63, 3.8) is 0 Å². The third kappa shape index (κ3) is 5.07. The first-order valence-electron chi connectivity index (χ1n) is 6.95. The molecule has 1 atom stereocenters. The Morgan fingerprint density at radius 3 is 2.06 bits per heavy atom. The molecule has 0 spiro atoms. The van der Waals surface area contributed by atoms with E-state index in [0.29, 0.717) is 24.8 Å². The molecule has 0 aromatic rings. The van der Waals surface area contributed by atoms with Gasteiger partial charge in [-0.3, -0.25) is 4.79 Å². The van der Waals surface area contributed by atoms with Crippen LogP contribution in [0.4, 0.5) is 0 Å². The minimum Gasteiger partial charge on any atom is -0.349 e. The molecule has 0 radical (unpaired) electrons. The maximum Gasteiger partial charge on any atom is 0.220 e. The molecule has 0 aliphatic heterocycles. The van der Waals surface area contributed by atoms with Crippen molar-refractivity contribution in [2.75, 3.05) is 6.54 Å². The lowest BCUT2D eigenvalue weighted by Crippen LogP contribution is -2.53. The molecule has 0 aliphatic carbocycles. The Hall–Kier alpha value is -0.570. The number of nitrogens with two attached hydrogens (primary N) is 1. The van der Waals surface area contributed by atoms with Crippen LogP contribution < -0.4 is 11.1 Å². The van der Waals surface area contributed by atoms with Crippen molar-refractivity contribution < 1.29 is 4.79 Å². The van der Waals surface area contributed by atoms with Gasteiger partial charge in [-0.25, -0.2) is 0 Å². The van der Waals surface area contributed by atoms with Crippen LogP contribution in [0.2, 0.25) is 0 Å². The first-order chi connectivity index (χ1) is 7.94. The zero-order valence-corrected chi connectivity index (χ0v) is 12.2. The van der Waals surface area contributed by atoms with Gasteiger partial charge in [-0.2, -0.15) is 0 Å². The van der Waals surface area contributed by atoms with Gasteiger partial charge in [0, 0.05) is 13.0 Å².